The molecule has 2 aromatic carbocycles. The molecule has 0 aromatic heterocycles. The van der Waals surface area contributed by atoms with Gasteiger partial charge in [-0.25, -0.2) is 5.48 Å². The lowest BCUT2D eigenvalue weighted by Gasteiger charge is -2.40. The molecule has 1 aliphatic heterocycles. The lowest BCUT2D eigenvalue weighted by atomic mass is 9.97. The fourth-order valence-electron chi connectivity index (χ4n) is 3.99. The highest BCUT2D eigenvalue weighted by molar-refractivity contribution is 5.98. The molecular weight excluding hydrogens is 516 g/mol. The van der Waals surface area contributed by atoms with Gasteiger partial charge in [-0.05, 0) is 42.3 Å². The van der Waals surface area contributed by atoms with Gasteiger partial charge in [-0.15, -0.1) is 0 Å². The number of nitrogens with one attached hydrogen (secondary N) is 4. The Morgan fingerprint density at radius 2 is 1.54 bits per heavy atom. The number of benzene rings is 2. The number of rotatable bonds is 10. The Morgan fingerprint density at radius 1 is 0.949 bits per heavy atom. The highest BCUT2D eigenvalue weighted by atomic mass is 16.6. The van der Waals surface area contributed by atoms with Crippen LogP contribution >= 0.6 is 0 Å². The molecule has 2 aromatic rings. The van der Waals surface area contributed by atoms with Gasteiger partial charge in [-0.2, -0.15) is 0 Å². The second kappa shape index (κ2) is 13.5. The van der Waals surface area contributed by atoms with E-state index < -0.39 is 67.1 Å². The molecule has 1 heterocycles. The molecule has 0 spiro atoms. The predicted molar refractivity (Wildman–Crippen MR) is 135 cm³/mol. The first-order chi connectivity index (χ1) is 18.5. The number of hydroxylamine groups is 1. The number of carbonyl (C=O) groups is 3. The SMILES string of the molecule is C[C@@H](O)[C@H](NC(=O)c1ccc(-c2ccc(NC(=O)CN[C@H]3C(O)O[C@H](CO)C(O)[C@@H]3O)cc2)cc1)C(=O)NO. The molecule has 2 unspecified atom stereocenters. The third-order valence-corrected chi connectivity index (χ3v) is 6.21. The molecule has 14 nitrogen and oxygen atoms in total. The van der Waals surface area contributed by atoms with Crippen LogP contribution in [0.2, 0.25) is 0 Å². The second-order valence-electron chi connectivity index (χ2n) is 9.01. The molecule has 3 rings (SSSR count). The van der Waals surface area contributed by atoms with E-state index in [2.05, 4.69) is 16.0 Å². The first kappa shape index (κ1) is 30.1. The van der Waals surface area contributed by atoms with E-state index in [9.17, 15) is 34.8 Å². The molecule has 0 radical (unpaired) electrons. The van der Waals surface area contributed by atoms with Crippen molar-refractivity contribution in [2.75, 3.05) is 18.5 Å². The summed E-state index contributed by atoms with van der Waals surface area (Å²) in [5.41, 5.74) is 3.62. The highest BCUT2D eigenvalue weighted by Crippen LogP contribution is 2.23. The fraction of sp³-hybridized carbons (Fsp3) is 0.400. The molecule has 14 heteroatoms. The zero-order valence-corrected chi connectivity index (χ0v) is 20.9. The summed E-state index contributed by atoms with van der Waals surface area (Å²) in [5.74, 6) is -2.06. The minimum absolute atomic E-state index is 0.226. The van der Waals surface area contributed by atoms with Crippen molar-refractivity contribution in [2.24, 2.45) is 0 Å². The Labute approximate surface area is 223 Å². The van der Waals surface area contributed by atoms with E-state index >= 15 is 0 Å². The molecular formula is C25H32N4O10. The molecule has 0 saturated carbocycles. The zero-order valence-electron chi connectivity index (χ0n) is 20.9. The quantitative estimate of drug-likeness (QED) is 0.112. The number of hydrogen-bond acceptors (Lipinski definition) is 11. The van der Waals surface area contributed by atoms with E-state index in [1.54, 1.807) is 36.4 Å². The zero-order chi connectivity index (χ0) is 28.7. The van der Waals surface area contributed by atoms with Gasteiger partial charge in [-0.1, -0.05) is 24.3 Å². The summed E-state index contributed by atoms with van der Waals surface area (Å²) in [4.78, 5) is 36.4. The van der Waals surface area contributed by atoms with Crippen LogP contribution in [0.4, 0.5) is 5.69 Å². The van der Waals surface area contributed by atoms with E-state index in [4.69, 9.17) is 15.1 Å². The summed E-state index contributed by atoms with van der Waals surface area (Å²) < 4.78 is 5.04. The van der Waals surface area contributed by atoms with Crippen molar-refractivity contribution >= 4 is 23.4 Å². The van der Waals surface area contributed by atoms with Crippen molar-refractivity contribution in [3.63, 3.8) is 0 Å². The molecule has 1 aliphatic rings. The van der Waals surface area contributed by atoms with Gasteiger partial charge in [0, 0.05) is 11.3 Å². The Morgan fingerprint density at radius 3 is 2.08 bits per heavy atom. The van der Waals surface area contributed by atoms with Gasteiger partial charge in [0.05, 0.1) is 25.3 Å². The molecule has 212 valence electrons. The molecule has 0 bridgehead atoms. The van der Waals surface area contributed by atoms with Gasteiger partial charge in [0.25, 0.3) is 11.8 Å². The largest absolute Gasteiger partial charge is 0.394 e. The van der Waals surface area contributed by atoms with Crippen molar-refractivity contribution in [1.29, 1.82) is 0 Å². The van der Waals surface area contributed by atoms with Gasteiger partial charge in [0.2, 0.25) is 5.91 Å². The summed E-state index contributed by atoms with van der Waals surface area (Å²) in [6.07, 6.45) is -6.82. The summed E-state index contributed by atoms with van der Waals surface area (Å²) in [6, 6.07) is 10.7. The number of carbonyl (C=O) groups excluding carboxylic acids is 3. The normalized spacial score (nSPS) is 24.3. The summed E-state index contributed by atoms with van der Waals surface area (Å²) in [7, 11) is 0. The fourth-order valence-corrected chi connectivity index (χ4v) is 3.99. The van der Waals surface area contributed by atoms with Gasteiger partial charge >= 0.3 is 0 Å². The average molecular weight is 549 g/mol. The number of anilines is 1. The topological polar surface area (TPSA) is 230 Å². The maximum Gasteiger partial charge on any atom is 0.268 e. The number of amides is 3. The first-order valence-corrected chi connectivity index (χ1v) is 12.0. The second-order valence-corrected chi connectivity index (χ2v) is 9.01. The van der Waals surface area contributed by atoms with E-state index in [-0.39, 0.29) is 12.1 Å². The predicted octanol–water partition coefficient (Wildman–Crippen LogP) is -2.33. The van der Waals surface area contributed by atoms with E-state index in [0.29, 0.717) is 5.69 Å². The lowest BCUT2D eigenvalue weighted by Crippen LogP contribution is -2.63. The summed E-state index contributed by atoms with van der Waals surface area (Å²) in [6.45, 7) is 0.402. The van der Waals surface area contributed by atoms with E-state index in [0.717, 1.165) is 11.1 Å². The van der Waals surface area contributed by atoms with Crippen LogP contribution in [0.3, 0.4) is 0 Å². The molecule has 10 N–H and O–H groups in total. The molecule has 7 atom stereocenters. The first-order valence-electron chi connectivity index (χ1n) is 12.0. The number of hydrogen-bond donors (Lipinski definition) is 10. The smallest absolute Gasteiger partial charge is 0.268 e. The van der Waals surface area contributed by atoms with Gasteiger partial charge in [0.1, 0.15) is 24.4 Å². The van der Waals surface area contributed by atoms with Crippen molar-refractivity contribution < 1.29 is 49.9 Å². The minimum atomic E-state index is -1.54. The van der Waals surface area contributed by atoms with Gasteiger partial charge in [-0.3, -0.25) is 24.9 Å². The van der Waals surface area contributed by atoms with Crippen molar-refractivity contribution in [3.8, 4) is 11.1 Å². The molecule has 1 saturated heterocycles. The maximum absolute atomic E-state index is 12.4. The molecule has 3 amide bonds. The van der Waals surface area contributed by atoms with Crippen LogP contribution in [0.15, 0.2) is 48.5 Å². The summed E-state index contributed by atoms with van der Waals surface area (Å²) >= 11 is 0. The average Bonchev–Trinajstić information content (AvgIpc) is 2.93. The Kier molecular flexibility index (Phi) is 10.4. The molecule has 39 heavy (non-hydrogen) atoms. The van der Waals surface area contributed by atoms with Crippen LogP contribution in [-0.2, 0) is 14.3 Å². The van der Waals surface area contributed by atoms with Gasteiger partial charge < -0.3 is 40.9 Å². The van der Waals surface area contributed by atoms with Crippen LogP contribution in [0.1, 0.15) is 17.3 Å². The van der Waals surface area contributed by atoms with E-state index in [1.807, 2.05) is 0 Å². The van der Waals surface area contributed by atoms with E-state index in [1.165, 1.54) is 24.5 Å². The molecule has 0 aliphatic carbocycles. The van der Waals surface area contributed by atoms with Crippen molar-refractivity contribution in [3.05, 3.63) is 54.1 Å². The van der Waals surface area contributed by atoms with Crippen LogP contribution in [0.5, 0.6) is 0 Å². The number of aliphatic hydroxyl groups is 5. The lowest BCUT2D eigenvalue weighted by molar-refractivity contribution is -0.254. The number of aliphatic hydroxyl groups excluding tert-OH is 5. The minimum Gasteiger partial charge on any atom is -0.394 e. The Balaban J connectivity index is 1.54. The van der Waals surface area contributed by atoms with Crippen molar-refractivity contribution in [2.45, 2.75) is 49.7 Å². The standard InChI is InChI=1S/C25H32N4O10/c1-12(31)19(24(36)29-38)28-23(35)15-4-2-13(3-5-15)14-6-8-16(9-7-14)27-18(32)10-26-20-22(34)21(33)17(11-30)39-25(20)37/h2-9,12,17,19-22,25-26,30-31,33-34,37-38H,10-11H2,1H3,(H,27,32)(H,28,35)(H,29,36)/t12-,17-,19+,20-,21?,22-,25?/m1/s1. The monoisotopic (exact) mass is 548 g/mol. The van der Waals surface area contributed by atoms with Gasteiger partial charge in [0.15, 0.2) is 6.29 Å². The Hall–Kier alpha value is -3.47. The van der Waals surface area contributed by atoms with Crippen LogP contribution < -0.4 is 21.4 Å². The number of ether oxygens (including phenoxy) is 1. The highest BCUT2D eigenvalue weighted by Gasteiger charge is 2.43. The van der Waals surface area contributed by atoms with Crippen molar-refractivity contribution in [1.82, 2.24) is 16.1 Å². The van der Waals surface area contributed by atoms with Crippen LogP contribution in [0.25, 0.3) is 11.1 Å². The third kappa shape index (κ3) is 7.56. The van der Waals surface area contributed by atoms with Crippen LogP contribution in [-0.4, -0.2) is 104 Å². The third-order valence-electron chi connectivity index (χ3n) is 6.21. The van der Waals surface area contributed by atoms with Crippen LogP contribution in [0, 0.1) is 0 Å². The molecule has 1 fully saturated rings. The Bertz CT molecular complexity index is 1130. The summed E-state index contributed by atoms with van der Waals surface area (Å²) in [5, 5.41) is 65.2. The maximum atomic E-state index is 12.4.